The van der Waals surface area contributed by atoms with Crippen LogP contribution in [0, 0.1) is 0 Å². The zero-order valence-corrected chi connectivity index (χ0v) is 21.2. The molecule has 0 aromatic heterocycles. The fraction of sp³-hybridized carbons (Fsp3) is 0.125. The third kappa shape index (κ3) is 6.48. The Hall–Kier alpha value is -4.84. The van der Waals surface area contributed by atoms with Crippen molar-refractivity contribution < 1.29 is 28.5 Å². The Labute approximate surface area is 221 Å². The van der Waals surface area contributed by atoms with Gasteiger partial charge in [0.05, 0.1) is 18.8 Å². The van der Waals surface area contributed by atoms with Gasteiger partial charge in [0.15, 0.2) is 0 Å². The summed E-state index contributed by atoms with van der Waals surface area (Å²) in [6, 6.07) is 21.5. The zero-order valence-electron chi connectivity index (χ0n) is 21.2. The lowest BCUT2D eigenvalue weighted by atomic mass is 10.00. The lowest BCUT2D eigenvalue weighted by molar-refractivity contribution is -0.128. The van der Waals surface area contributed by atoms with E-state index >= 15 is 0 Å². The van der Waals surface area contributed by atoms with E-state index in [2.05, 4.69) is 19.7 Å². The summed E-state index contributed by atoms with van der Waals surface area (Å²) in [4.78, 5) is 24.3. The Kier molecular flexibility index (Phi) is 8.23. The molecule has 6 nitrogen and oxygen atoms in total. The van der Waals surface area contributed by atoms with Crippen LogP contribution >= 0.6 is 0 Å². The van der Waals surface area contributed by atoms with Crippen LogP contribution in [0.2, 0.25) is 0 Å². The maximum Gasteiger partial charge on any atom is 0.343 e. The first-order valence-corrected chi connectivity index (χ1v) is 12.1. The van der Waals surface area contributed by atoms with Gasteiger partial charge in [-0.2, -0.15) is 0 Å². The first-order chi connectivity index (χ1) is 18.3. The molecule has 4 aromatic rings. The molecular formula is C32H28O6. The summed E-state index contributed by atoms with van der Waals surface area (Å²) in [5.41, 5.74) is 1.24. The number of benzene rings is 4. The number of rotatable bonds is 11. The molecule has 0 saturated heterocycles. The van der Waals surface area contributed by atoms with Crippen LogP contribution < -0.4 is 14.2 Å². The molecule has 0 bridgehead atoms. The second-order valence-electron chi connectivity index (χ2n) is 8.62. The minimum absolute atomic E-state index is 0.420. The van der Waals surface area contributed by atoms with Crippen molar-refractivity contribution in [2.24, 2.45) is 0 Å². The molecule has 4 rings (SSSR count). The summed E-state index contributed by atoms with van der Waals surface area (Å²) in [6.45, 7) is 13.8. The Morgan fingerprint density at radius 1 is 0.763 bits per heavy atom. The molecule has 0 radical (unpaired) electrons. The highest BCUT2D eigenvalue weighted by Gasteiger charge is 2.12. The molecule has 192 valence electrons. The predicted molar refractivity (Wildman–Crippen MR) is 149 cm³/mol. The highest BCUT2D eigenvalue weighted by Crippen LogP contribution is 2.29. The van der Waals surface area contributed by atoms with Crippen LogP contribution in [0.1, 0.15) is 23.7 Å². The molecule has 0 aliphatic rings. The van der Waals surface area contributed by atoms with Crippen LogP contribution in [-0.2, 0) is 9.53 Å². The number of fused-ring (bicyclic) bond motifs is 3. The molecule has 0 amide bonds. The summed E-state index contributed by atoms with van der Waals surface area (Å²) < 4.78 is 21.9. The molecular weight excluding hydrogens is 480 g/mol. The number of esters is 2. The van der Waals surface area contributed by atoms with Crippen LogP contribution in [0.3, 0.4) is 0 Å². The first kappa shape index (κ1) is 26.2. The van der Waals surface area contributed by atoms with E-state index in [1.807, 2.05) is 31.2 Å². The molecule has 0 fully saturated rings. The molecule has 0 aliphatic heterocycles. The smallest absolute Gasteiger partial charge is 0.343 e. The van der Waals surface area contributed by atoms with Crippen molar-refractivity contribution in [3.63, 3.8) is 0 Å². The largest absolute Gasteiger partial charge is 0.494 e. The van der Waals surface area contributed by atoms with E-state index in [0.717, 1.165) is 33.2 Å². The van der Waals surface area contributed by atoms with Crippen LogP contribution in [0.4, 0.5) is 0 Å². The molecule has 6 heteroatoms. The standard InChI is InChI=1S/C32H28O6/c1-5-31(33)37-28-14-16-30-24(20-28)8-7-23-19-25(9-15-29(23)30)32(34)38-27-12-10-26(11-13-27)36-18-6-17-35-22(4)21(2)3/h5,7-16,19-20H,1-2,4,6,17-18H2,3H3. The minimum atomic E-state index is -0.512. The Bertz CT molecular complexity index is 1530. The predicted octanol–water partition coefficient (Wildman–Crippen LogP) is 7.18. The van der Waals surface area contributed by atoms with Crippen LogP contribution in [0.15, 0.2) is 110 Å². The Morgan fingerprint density at radius 2 is 1.39 bits per heavy atom. The van der Waals surface area contributed by atoms with Crippen LogP contribution in [0.5, 0.6) is 17.2 Å². The number of hydrogen-bond donors (Lipinski definition) is 0. The van der Waals surface area contributed by atoms with Crippen LogP contribution in [-0.4, -0.2) is 25.2 Å². The second-order valence-corrected chi connectivity index (χ2v) is 8.62. The third-order valence-electron chi connectivity index (χ3n) is 5.77. The van der Waals surface area contributed by atoms with Crippen molar-refractivity contribution in [1.29, 1.82) is 0 Å². The number of carbonyl (C=O) groups excluding carboxylic acids is 2. The number of hydrogen-bond acceptors (Lipinski definition) is 6. The van der Waals surface area contributed by atoms with Crippen molar-refractivity contribution in [3.05, 3.63) is 116 Å². The minimum Gasteiger partial charge on any atom is -0.494 e. The molecule has 0 N–H and O–H groups in total. The van der Waals surface area contributed by atoms with Gasteiger partial charge < -0.3 is 18.9 Å². The SMILES string of the molecule is C=CC(=O)Oc1ccc2c(ccc3cc(C(=O)Oc4ccc(OCCCOC(=C)C(=C)C)cc4)ccc32)c1. The van der Waals surface area contributed by atoms with E-state index < -0.39 is 11.9 Å². The molecule has 0 unspecified atom stereocenters. The van der Waals surface area contributed by atoms with Gasteiger partial charge in [0, 0.05) is 12.5 Å². The van der Waals surface area contributed by atoms with E-state index in [-0.39, 0.29) is 0 Å². The van der Waals surface area contributed by atoms with Gasteiger partial charge in [-0.25, -0.2) is 9.59 Å². The van der Waals surface area contributed by atoms with E-state index in [1.165, 1.54) is 0 Å². The zero-order chi connectivity index (χ0) is 27.1. The molecule has 38 heavy (non-hydrogen) atoms. The fourth-order valence-corrected chi connectivity index (χ4v) is 3.74. The number of ether oxygens (including phenoxy) is 4. The molecule has 0 aliphatic carbocycles. The van der Waals surface area contributed by atoms with Crippen molar-refractivity contribution in [2.75, 3.05) is 13.2 Å². The van der Waals surface area contributed by atoms with Crippen molar-refractivity contribution >= 4 is 33.5 Å². The topological polar surface area (TPSA) is 71.1 Å². The average molecular weight is 509 g/mol. The summed E-state index contributed by atoms with van der Waals surface area (Å²) >= 11 is 0. The summed E-state index contributed by atoms with van der Waals surface area (Å²) in [6.07, 6.45) is 1.82. The monoisotopic (exact) mass is 508 g/mol. The number of allylic oxidation sites excluding steroid dienone is 1. The van der Waals surface area contributed by atoms with Gasteiger partial charge in [0.2, 0.25) is 0 Å². The Morgan fingerprint density at radius 3 is 2.08 bits per heavy atom. The maximum atomic E-state index is 12.8. The van der Waals surface area contributed by atoms with Gasteiger partial charge in [-0.15, -0.1) is 0 Å². The lowest BCUT2D eigenvalue weighted by Crippen LogP contribution is -2.08. The Balaban J connectivity index is 1.37. The van der Waals surface area contributed by atoms with Gasteiger partial charge in [0.1, 0.15) is 23.0 Å². The highest BCUT2D eigenvalue weighted by atomic mass is 16.5. The molecule has 0 heterocycles. The van der Waals surface area contributed by atoms with Gasteiger partial charge in [-0.3, -0.25) is 0 Å². The van der Waals surface area contributed by atoms with Gasteiger partial charge in [0.25, 0.3) is 0 Å². The fourth-order valence-electron chi connectivity index (χ4n) is 3.74. The summed E-state index contributed by atoms with van der Waals surface area (Å²) in [5, 5.41) is 3.75. The molecule has 0 saturated carbocycles. The maximum absolute atomic E-state index is 12.8. The lowest BCUT2D eigenvalue weighted by Gasteiger charge is -2.10. The van der Waals surface area contributed by atoms with E-state index in [9.17, 15) is 9.59 Å². The molecule has 4 aromatic carbocycles. The number of carbonyl (C=O) groups is 2. The quantitative estimate of drug-likeness (QED) is 0.0407. The van der Waals surface area contributed by atoms with Crippen molar-refractivity contribution in [1.82, 2.24) is 0 Å². The first-order valence-electron chi connectivity index (χ1n) is 12.1. The average Bonchev–Trinajstić information content (AvgIpc) is 2.92. The highest BCUT2D eigenvalue weighted by molar-refractivity contribution is 6.09. The van der Waals surface area contributed by atoms with E-state index in [0.29, 0.717) is 48.2 Å². The normalized spacial score (nSPS) is 10.6. The van der Waals surface area contributed by atoms with Crippen LogP contribution in [0.25, 0.3) is 21.5 Å². The second kappa shape index (κ2) is 11.9. The van der Waals surface area contributed by atoms with Gasteiger partial charge in [-0.05, 0) is 82.6 Å². The summed E-state index contributed by atoms with van der Waals surface area (Å²) in [5.74, 6) is 1.15. The van der Waals surface area contributed by atoms with E-state index in [1.54, 1.807) is 48.5 Å². The van der Waals surface area contributed by atoms with Crippen molar-refractivity contribution in [2.45, 2.75) is 13.3 Å². The van der Waals surface area contributed by atoms with E-state index in [4.69, 9.17) is 18.9 Å². The van der Waals surface area contributed by atoms with Gasteiger partial charge >= 0.3 is 11.9 Å². The van der Waals surface area contributed by atoms with Crippen molar-refractivity contribution in [3.8, 4) is 17.2 Å². The third-order valence-corrected chi connectivity index (χ3v) is 5.77. The van der Waals surface area contributed by atoms with Gasteiger partial charge in [-0.1, -0.05) is 44.0 Å². The summed E-state index contributed by atoms with van der Waals surface area (Å²) in [7, 11) is 0. The molecule has 0 spiro atoms. The molecule has 0 atom stereocenters.